The van der Waals surface area contributed by atoms with Crippen molar-refractivity contribution in [1.82, 2.24) is 10.2 Å². The maximum Gasteiger partial charge on any atom is 0.326 e. The minimum Gasteiger partial charge on any atom is -0.480 e. The number of carbonyl (C=O) groups excluding carboxylic acids is 1. The number of nitrogens with zero attached hydrogens (tertiary/aromatic N) is 1. The van der Waals surface area contributed by atoms with Crippen LogP contribution in [0.2, 0.25) is 0 Å². The van der Waals surface area contributed by atoms with Gasteiger partial charge in [-0.25, -0.2) is 9.59 Å². The normalized spacial score (nSPS) is 11.8. The Morgan fingerprint density at radius 2 is 2.14 bits per heavy atom. The van der Waals surface area contributed by atoms with E-state index in [0.717, 1.165) is 11.1 Å². The van der Waals surface area contributed by atoms with Crippen LogP contribution in [-0.4, -0.2) is 47.1 Å². The average molecular weight is 310 g/mol. The summed E-state index contributed by atoms with van der Waals surface area (Å²) in [4.78, 5) is 24.7. The molecule has 6 heteroatoms. The second-order valence-corrected chi connectivity index (χ2v) is 5.95. The van der Waals surface area contributed by atoms with Crippen molar-refractivity contribution in [3.05, 3.63) is 35.4 Å². The van der Waals surface area contributed by atoms with Gasteiger partial charge in [0.05, 0.1) is 0 Å². The highest BCUT2D eigenvalue weighted by molar-refractivity contribution is 7.98. The summed E-state index contributed by atoms with van der Waals surface area (Å²) in [6.45, 7) is 2.44. The lowest BCUT2D eigenvalue weighted by Crippen LogP contribution is -2.46. The second-order valence-electron chi connectivity index (χ2n) is 4.97. The zero-order chi connectivity index (χ0) is 15.8. The van der Waals surface area contributed by atoms with E-state index in [1.165, 1.54) is 4.90 Å². The first kappa shape index (κ1) is 17.4. The molecule has 1 aromatic carbocycles. The van der Waals surface area contributed by atoms with Gasteiger partial charge in [0.25, 0.3) is 0 Å². The number of thioether (sulfide) groups is 1. The first-order valence-electron chi connectivity index (χ1n) is 6.73. The van der Waals surface area contributed by atoms with Crippen molar-refractivity contribution in [2.24, 2.45) is 0 Å². The van der Waals surface area contributed by atoms with Gasteiger partial charge in [-0.05, 0) is 30.9 Å². The van der Waals surface area contributed by atoms with Gasteiger partial charge in [-0.15, -0.1) is 0 Å². The molecule has 21 heavy (non-hydrogen) atoms. The SMILES string of the molecule is CSCCC(NC(=O)N(C)Cc1cccc(C)c1)C(=O)O. The number of benzene rings is 1. The Labute approximate surface area is 129 Å². The van der Waals surface area contributed by atoms with E-state index < -0.39 is 12.0 Å². The molecule has 0 aliphatic rings. The molecule has 0 aliphatic carbocycles. The summed E-state index contributed by atoms with van der Waals surface area (Å²) in [7, 11) is 1.66. The Hall–Kier alpha value is -1.69. The fraction of sp³-hybridized carbons (Fsp3) is 0.467. The van der Waals surface area contributed by atoms with Crippen LogP contribution in [0.5, 0.6) is 0 Å². The number of hydrogen-bond acceptors (Lipinski definition) is 3. The molecule has 1 unspecified atom stereocenters. The zero-order valence-corrected chi connectivity index (χ0v) is 13.4. The number of rotatable bonds is 7. The lowest BCUT2D eigenvalue weighted by atomic mass is 10.1. The van der Waals surface area contributed by atoms with Gasteiger partial charge in [-0.3, -0.25) is 0 Å². The van der Waals surface area contributed by atoms with Gasteiger partial charge in [0.1, 0.15) is 6.04 Å². The molecular formula is C15H22N2O3S. The topological polar surface area (TPSA) is 69.6 Å². The minimum atomic E-state index is -0.999. The van der Waals surface area contributed by atoms with Gasteiger partial charge < -0.3 is 15.3 Å². The fourth-order valence-corrected chi connectivity index (χ4v) is 2.38. The summed E-state index contributed by atoms with van der Waals surface area (Å²) in [5.41, 5.74) is 2.15. The summed E-state index contributed by atoms with van der Waals surface area (Å²) in [6, 6.07) is 6.67. The number of urea groups is 1. The number of carboxylic acids is 1. The number of aryl methyl sites for hydroxylation is 1. The molecule has 0 radical (unpaired) electrons. The summed E-state index contributed by atoms with van der Waals surface area (Å²) >= 11 is 1.56. The van der Waals surface area contributed by atoms with Crippen LogP contribution >= 0.6 is 11.8 Å². The Bertz CT molecular complexity index is 494. The van der Waals surface area contributed by atoms with Crippen LogP contribution < -0.4 is 5.32 Å². The molecule has 0 spiro atoms. The first-order valence-corrected chi connectivity index (χ1v) is 8.12. The van der Waals surface area contributed by atoms with E-state index in [2.05, 4.69) is 5.32 Å². The third kappa shape index (κ3) is 6.08. The van der Waals surface area contributed by atoms with Gasteiger partial charge >= 0.3 is 12.0 Å². The third-order valence-electron chi connectivity index (χ3n) is 3.06. The van der Waals surface area contributed by atoms with Crippen molar-refractivity contribution in [2.45, 2.75) is 25.9 Å². The Morgan fingerprint density at radius 3 is 2.71 bits per heavy atom. The van der Waals surface area contributed by atoms with Crippen molar-refractivity contribution in [3.63, 3.8) is 0 Å². The van der Waals surface area contributed by atoms with E-state index in [0.29, 0.717) is 18.7 Å². The van der Waals surface area contributed by atoms with Gasteiger partial charge in [0, 0.05) is 13.6 Å². The van der Waals surface area contributed by atoms with Crippen LogP contribution in [-0.2, 0) is 11.3 Å². The number of amides is 2. The molecule has 1 atom stereocenters. The number of aliphatic carboxylic acids is 1. The second kappa shape index (κ2) is 8.56. The number of nitrogens with one attached hydrogen (secondary N) is 1. The van der Waals surface area contributed by atoms with Gasteiger partial charge in [-0.1, -0.05) is 29.8 Å². The van der Waals surface area contributed by atoms with E-state index in [1.807, 2.05) is 37.4 Å². The monoisotopic (exact) mass is 310 g/mol. The molecule has 0 aliphatic heterocycles. The number of carbonyl (C=O) groups is 2. The zero-order valence-electron chi connectivity index (χ0n) is 12.6. The molecule has 2 N–H and O–H groups in total. The summed E-state index contributed by atoms with van der Waals surface area (Å²) in [5, 5.41) is 11.7. The molecule has 2 amide bonds. The van der Waals surface area contributed by atoms with Crippen LogP contribution in [0.1, 0.15) is 17.5 Å². The van der Waals surface area contributed by atoms with Crippen molar-refractivity contribution in [3.8, 4) is 0 Å². The number of carboxylic acid groups (broad SMARTS) is 1. The van der Waals surface area contributed by atoms with E-state index in [4.69, 9.17) is 5.11 Å². The summed E-state index contributed by atoms with van der Waals surface area (Å²) in [5.74, 6) is -0.305. The Morgan fingerprint density at radius 1 is 1.43 bits per heavy atom. The molecule has 1 aromatic rings. The fourth-order valence-electron chi connectivity index (χ4n) is 1.91. The summed E-state index contributed by atoms with van der Waals surface area (Å²) < 4.78 is 0. The van der Waals surface area contributed by atoms with Gasteiger partial charge in [0.15, 0.2) is 0 Å². The third-order valence-corrected chi connectivity index (χ3v) is 3.70. The molecule has 0 saturated heterocycles. The van der Waals surface area contributed by atoms with Crippen molar-refractivity contribution < 1.29 is 14.7 Å². The average Bonchev–Trinajstić information content (AvgIpc) is 2.42. The van der Waals surface area contributed by atoms with E-state index >= 15 is 0 Å². The molecule has 5 nitrogen and oxygen atoms in total. The molecule has 0 bridgehead atoms. The molecule has 1 rings (SSSR count). The predicted octanol–water partition coefficient (Wildman–Crippen LogP) is 2.34. The van der Waals surface area contributed by atoms with Crippen LogP contribution in [0.4, 0.5) is 4.79 Å². The van der Waals surface area contributed by atoms with Gasteiger partial charge in [-0.2, -0.15) is 11.8 Å². The molecule has 0 fully saturated rings. The quantitative estimate of drug-likeness (QED) is 0.811. The van der Waals surface area contributed by atoms with Crippen LogP contribution in [0.15, 0.2) is 24.3 Å². The first-order chi connectivity index (χ1) is 9.93. The highest BCUT2D eigenvalue weighted by Gasteiger charge is 2.21. The van der Waals surface area contributed by atoms with E-state index in [1.54, 1.807) is 18.8 Å². The lowest BCUT2D eigenvalue weighted by molar-refractivity contribution is -0.139. The Kier molecular flexibility index (Phi) is 7.08. The molecular weight excluding hydrogens is 288 g/mol. The molecule has 0 saturated carbocycles. The Balaban J connectivity index is 2.58. The van der Waals surface area contributed by atoms with Crippen molar-refractivity contribution in [2.75, 3.05) is 19.1 Å². The predicted molar refractivity (Wildman–Crippen MR) is 85.6 cm³/mol. The van der Waals surface area contributed by atoms with Crippen LogP contribution in [0.25, 0.3) is 0 Å². The minimum absolute atomic E-state index is 0.370. The smallest absolute Gasteiger partial charge is 0.326 e. The maximum atomic E-state index is 12.1. The van der Waals surface area contributed by atoms with E-state index in [9.17, 15) is 9.59 Å². The molecule has 0 aromatic heterocycles. The highest BCUT2D eigenvalue weighted by atomic mass is 32.2. The summed E-state index contributed by atoms with van der Waals surface area (Å²) in [6.07, 6.45) is 2.32. The van der Waals surface area contributed by atoms with Gasteiger partial charge in [0.2, 0.25) is 0 Å². The van der Waals surface area contributed by atoms with E-state index in [-0.39, 0.29) is 6.03 Å². The standard InChI is InChI=1S/C15H22N2O3S/c1-11-5-4-6-12(9-11)10-17(2)15(20)16-13(14(18)19)7-8-21-3/h4-6,9,13H,7-8,10H2,1-3H3,(H,16,20)(H,18,19). The van der Waals surface area contributed by atoms with Crippen molar-refractivity contribution in [1.29, 1.82) is 0 Å². The van der Waals surface area contributed by atoms with Crippen LogP contribution in [0.3, 0.4) is 0 Å². The van der Waals surface area contributed by atoms with Crippen molar-refractivity contribution >= 4 is 23.8 Å². The number of hydrogen-bond donors (Lipinski definition) is 2. The lowest BCUT2D eigenvalue weighted by Gasteiger charge is -2.21. The molecule has 116 valence electrons. The van der Waals surface area contributed by atoms with Crippen LogP contribution in [0, 0.1) is 6.92 Å². The maximum absolute atomic E-state index is 12.1. The largest absolute Gasteiger partial charge is 0.480 e. The molecule has 0 heterocycles. The highest BCUT2D eigenvalue weighted by Crippen LogP contribution is 2.07.